The summed E-state index contributed by atoms with van der Waals surface area (Å²) in [6.45, 7) is 2.12. The van der Waals surface area contributed by atoms with Gasteiger partial charge in [-0.3, -0.25) is 4.79 Å². The van der Waals surface area contributed by atoms with Gasteiger partial charge >= 0.3 is 5.97 Å². The van der Waals surface area contributed by atoms with Crippen LogP contribution in [0.1, 0.15) is 50.4 Å². The van der Waals surface area contributed by atoms with Crippen molar-refractivity contribution in [2.24, 2.45) is 0 Å². The van der Waals surface area contributed by atoms with Crippen LogP contribution in [0.2, 0.25) is 0 Å². The molecule has 0 fully saturated rings. The lowest BCUT2D eigenvalue weighted by Gasteiger charge is -2.23. The van der Waals surface area contributed by atoms with Gasteiger partial charge in [-0.05, 0) is 48.8 Å². The molecule has 0 aliphatic heterocycles. The van der Waals surface area contributed by atoms with Gasteiger partial charge in [-0.15, -0.1) is 23.1 Å². The molecule has 0 saturated heterocycles. The van der Waals surface area contributed by atoms with Crippen molar-refractivity contribution in [3.8, 4) is 5.75 Å². The molecule has 0 radical (unpaired) electrons. The van der Waals surface area contributed by atoms with Crippen LogP contribution >= 0.6 is 23.1 Å². The first-order chi connectivity index (χ1) is 12.1. The van der Waals surface area contributed by atoms with Crippen molar-refractivity contribution in [1.82, 2.24) is 0 Å². The molecule has 132 valence electrons. The number of fused-ring (bicyclic) bond motifs is 1. The van der Waals surface area contributed by atoms with Crippen LogP contribution in [0.3, 0.4) is 0 Å². The zero-order chi connectivity index (χ0) is 18.0. The summed E-state index contributed by atoms with van der Waals surface area (Å²) >= 11 is 2.90. The van der Waals surface area contributed by atoms with Crippen molar-refractivity contribution in [3.05, 3.63) is 45.8 Å². The first kappa shape index (κ1) is 18.0. The monoisotopic (exact) mass is 376 g/mol. The summed E-state index contributed by atoms with van der Waals surface area (Å²) in [5, 5.41) is 0. The third kappa shape index (κ3) is 3.46. The molecule has 6 heteroatoms. The van der Waals surface area contributed by atoms with Crippen LogP contribution < -0.4 is 4.74 Å². The molecular weight excluding hydrogens is 356 g/mol. The number of thioether (sulfide) groups is 1. The van der Waals surface area contributed by atoms with E-state index in [1.807, 2.05) is 30.5 Å². The summed E-state index contributed by atoms with van der Waals surface area (Å²) in [7, 11) is 1.63. The number of hydrogen-bond acceptors (Lipinski definition) is 6. The summed E-state index contributed by atoms with van der Waals surface area (Å²) in [5.74, 6) is 0.646. The van der Waals surface area contributed by atoms with Crippen molar-refractivity contribution in [2.45, 2.75) is 29.9 Å². The number of carbonyl (C=O) groups is 2. The predicted molar refractivity (Wildman–Crippen MR) is 100 cm³/mol. The number of esters is 1. The molecule has 4 nitrogen and oxygen atoms in total. The van der Waals surface area contributed by atoms with E-state index in [4.69, 9.17) is 9.47 Å². The molecule has 25 heavy (non-hydrogen) atoms. The Labute approximate surface area is 155 Å². The Morgan fingerprint density at radius 3 is 2.60 bits per heavy atom. The molecule has 0 bridgehead atoms. The normalized spacial score (nSPS) is 16.4. The van der Waals surface area contributed by atoms with E-state index in [-0.39, 0.29) is 17.7 Å². The maximum absolute atomic E-state index is 12.8. The molecular formula is C19H20O4S2. The second-order valence-electron chi connectivity index (χ2n) is 5.80. The van der Waals surface area contributed by atoms with Crippen molar-refractivity contribution >= 4 is 34.9 Å². The van der Waals surface area contributed by atoms with Gasteiger partial charge in [0, 0.05) is 12.0 Å². The van der Waals surface area contributed by atoms with Crippen LogP contribution in [0.5, 0.6) is 5.75 Å². The smallest absolute Gasteiger partial charge is 0.348 e. The fraction of sp³-hybridized carbons (Fsp3) is 0.368. The lowest BCUT2D eigenvalue weighted by atomic mass is 9.80. The maximum Gasteiger partial charge on any atom is 0.348 e. The molecule has 2 aromatic rings. The Hall–Kier alpha value is -1.79. The molecule has 0 saturated carbocycles. The molecule has 0 amide bonds. The predicted octanol–water partition coefficient (Wildman–Crippen LogP) is 4.57. The van der Waals surface area contributed by atoms with E-state index in [2.05, 4.69) is 0 Å². The highest BCUT2D eigenvalue weighted by Gasteiger charge is 2.34. The van der Waals surface area contributed by atoms with Gasteiger partial charge in [-0.1, -0.05) is 12.1 Å². The lowest BCUT2D eigenvalue weighted by Crippen LogP contribution is -2.20. The molecule has 1 heterocycles. The average molecular weight is 376 g/mol. The third-order valence-corrected chi connectivity index (χ3v) is 6.70. The van der Waals surface area contributed by atoms with E-state index in [0.29, 0.717) is 24.3 Å². The standard InChI is InChI=1S/C19H20O4S2/c1-4-23-18(21)17-14-9-12(11-5-7-13(22-2)8-6-11)10-15(20)16(14)19(24-3)25-17/h5-8,12H,4,9-10H2,1-3H3/t12-/m1/s1. The van der Waals surface area contributed by atoms with Crippen LogP contribution in [0, 0.1) is 0 Å². The summed E-state index contributed by atoms with van der Waals surface area (Å²) in [4.78, 5) is 25.7. The van der Waals surface area contributed by atoms with Crippen LogP contribution in [0.15, 0.2) is 28.5 Å². The first-order valence-electron chi connectivity index (χ1n) is 8.12. The van der Waals surface area contributed by atoms with E-state index < -0.39 is 0 Å². The van der Waals surface area contributed by atoms with Crippen molar-refractivity contribution in [1.29, 1.82) is 0 Å². The van der Waals surface area contributed by atoms with Gasteiger partial charge in [0.05, 0.1) is 17.9 Å². The summed E-state index contributed by atoms with van der Waals surface area (Å²) in [6, 6.07) is 7.80. The van der Waals surface area contributed by atoms with E-state index in [0.717, 1.165) is 26.6 Å². The number of Topliss-reactive ketones (excluding diaryl/α,β-unsaturated/α-hetero) is 1. The second-order valence-corrected chi connectivity index (χ2v) is 7.89. The Bertz CT molecular complexity index is 793. The number of rotatable bonds is 5. The average Bonchev–Trinajstić information content (AvgIpc) is 3.01. The summed E-state index contributed by atoms with van der Waals surface area (Å²) < 4.78 is 11.3. The molecule has 1 aliphatic carbocycles. The quantitative estimate of drug-likeness (QED) is 0.565. The number of ether oxygens (including phenoxy) is 2. The lowest BCUT2D eigenvalue weighted by molar-refractivity contribution is 0.0531. The second kappa shape index (κ2) is 7.62. The van der Waals surface area contributed by atoms with Crippen molar-refractivity contribution in [3.63, 3.8) is 0 Å². The van der Waals surface area contributed by atoms with Gasteiger partial charge in [0.15, 0.2) is 5.78 Å². The van der Waals surface area contributed by atoms with Gasteiger partial charge in [-0.25, -0.2) is 4.79 Å². The van der Waals surface area contributed by atoms with Crippen LogP contribution in [-0.2, 0) is 11.2 Å². The Morgan fingerprint density at radius 1 is 1.28 bits per heavy atom. The van der Waals surface area contributed by atoms with E-state index in [1.165, 1.54) is 23.1 Å². The zero-order valence-corrected chi connectivity index (χ0v) is 16.1. The molecule has 3 rings (SSSR count). The van der Waals surface area contributed by atoms with Crippen LogP contribution in [0.25, 0.3) is 0 Å². The Balaban J connectivity index is 1.98. The SMILES string of the molecule is CCOC(=O)c1sc(SC)c2c1C[C@@H](c1ccc(OC)cc1)CC2=O. The minimum atomic E-state index is -0.327. The minimum absolute atomic E-state index is 0.0726. The Kier molecular flexibility index (Phi) is 5.49. The number of benzene rings is 1. The topological polar surface area (TPSA) is 52.6 Å². The third-order valence-electron chi connectivity index (χ3n) is 4.37. The van der Waals surface area contributed by atoms with E-state index >= 15 is 0 Å². The summed E-state index contributed by atoms with van der Waals surface area (Å²) in [6.07, 6.45) is 3.08. The minimum Gasteiger partial charge on any atom is -0.497 e. The zero-order valence-electron chi connectivity index (χ0n) is 14.5. The Morgan fingerprint density at radius 2 is 2.00 bits per heavy atom. The fourth-order valence-electron chi connectivity index (χ4n) is 3.18. The summed E-state index contributed by atoms with van der Waals surface area (Å²) in [5.41, 5.74) is 2.67. The molecule has 0 N–H and O–H groups in total. The van der Waals surface area contributed by atoms with Crippen molar-refractivity contribution < 1.29 is 19.1 Å². The van der Waals surface area contributed by atoms with E-state index in [9.17, 15) is 9.59 Å². The number of hydrogen-bond donors (Lipinski definition) is 0. The molecule has 1 aromatic heterocycles. The van der Waals surface area contributed by atoms with Gasteiger partial charge in [0.1, 0.15) is 10.6 Å². The molecule has 0 unspecified atom stereocenters. The largest absolute Gasteiger partial charge is 0.497 e. The number of ketones is 1. The molecule has 1 atom stereocenters. The van der Waals surface area contributed by atoms with Gasteiger partial charge in [-0.2, -0.15) is 0 Å². The van der Waals surface area contributed by atoms with Gasteiger partial charge < -0.3 is 9.47 Å². The van der Waals surface area contributed by atoms with Crippen LogP contribution in [-0.4, -0.2) is 31.7 Å². The number of methoxy groups -OCH3 is 1. The maximum atomic E-state index is 12.8. The van der Waals surface area contributed by atoms with E-state index in [1.54, 1.807) is 14.0 Å². The molecule has 0 spiro atoms. The highest BCUT2D eigenvalue weighted by Crippen LogP contribution is 2.43. The molecule has 1 aromatic carbocycles. The highest BCUT2D eigenvalue weighted by molar-refractivity contribution is 8.00. The van der Waals surface area contributed by atoms with Gasteiger partial charge in [0.25, 0.3) is 0 Å². The molecule has 1 aliphatic rings. The number of carbonyl (C=O) groups excluding carboxylic acids is 2. The first-order valence-corrected chi connectivity index (χ1v) is 10.2. The highest BCUT2D eigenvalue weighted by atomic mass is 32.2. The van der Waals surface area contributed by atoms with Crippen LogP contribution in [0.4, 0.5) is 0 Å². The van der Waals surface area contributed by atoms with Crippen molar-refractivity contribution in [2.75, 3.05) is 20.0 Å². The van der Waals surface area contributed by atoms with Gasteiger partial charge in [0.2, 0.25) is 0 Å². The number of thiophene rings is 1. The fourth-order valence-corrected chi connectivity index (χ4v) is 5.18.